The molecular weight excluding hydrogens is 318 g/mol. The number of amides is 1. The van der Waals surface area contributed by atoms with Crippen LogP contribution in [0.1, 0.15) is 51.5 Å². The Hall–Kier alpha value is -1.81. The normalized spacial score (nSPS) is 20.0. The van der Waals surface area contributed by atoms with Crippen molar-refractivity contribution in [3.8, 4) is 5.75 Å². The second-order valence-corrected chi connectivity index (χ2v) is 7.73. The van der Waals surface area contributed by atoms with Gasteiger partial charge in [0.15, 0.2) is 0 Å². The van der Waals surface area contributed by atoms with E-state index < -0.39 is 0 Å². The van der Waals surface area contributed by atoms with Crippen molar-refractivity contribution in [3.05, 3.63) is 51.2 Å². The average molecular weight is 341 g/mol. The molecule has 1 saturated heterocycles. The number of carbonyl (C=O) groups excluding carboxylic acids is 1. The van der Waals surface area contributed by atoms with Gasteiger partial charge in [-0.2, -0.15) is 0 Å². The van der Waals surface area contributed by atoms with Crippen LogP contribution in [0.15, 0.2) is 29.6 Å². The van der Waals surface area contributed by atoms with E-state index in [0.717, 1.165) is 43.7 Å². The van der Waals surface area contributed by atoms with Crippen LogP contribution in [0.25, 0.3) is 0 Å². The lowest BCUT2D eigenvalue weighted by molar-refractivity contribution is 0.0790. The quantitative estimate of drug-likeness (QED) is 0.834. The first-order valence-electron chi connectivity index (χ1n) is 8.78. The van der Waals surface area contributed by atoms with Crippen LogP contribution >= 0.6 is 11.3 Å². The number of aryl methyl sites for hydroxylation is 1. The number of carbonyl (C=O) groups is 1. The molecule has 126 valence electrons. The summed E-state index contributed by atoms with van der Waals surface area (Å²) in [6.07, 6.45) is 5.77. The summed E-state index contributed by atoms with van der Waals surface area (Å²) in [7, 11) is 1.69. The van der Waals surface area contributed by atoms with Crippen molar-refractivity contribution < 1.29 is 9.53 Å². The number of likely N-dealkylation sites (tertiary alicyclic amines) is 1. The Bertz CT molecular complexity index is 735. The van der Waals surface area contributed by atoms with Crippen molar-refractivity contribution in [2.45, 2.75) is 38.0 Å². The van der Waals surface area contributed by atoms with Crippen LogP contribution in [0.2, 0.25) is 0 Å². The van der Waals surface area contributed by atoms with E-state index in [0.29, 0.717) is 5.92 Å². The van der Waals surface area contributed by atoms with Gasteiger partial charge < -0.3 is 9.64 Å². The molecule has 0 radical (unpaired) electrons. The molecule has 1 atom stereocenters. The van der Waals surface area contributed by atoms with Crippen LogP contribution in [0, 0.1) is 0 Å². The first kappa shape index (κ1) is 15.7. The molecular formula is C20H23NO2S. The van der Waals surface area contributed by atoms with Gasteiger partial charge >= 0.3 is 0 Å². The number of hydrogen-bond acceptors (Lipinski definition) is 3. The van der Waals surface area contributed by atoms with Gasteiger partial charge in [0, 0.05) is 29.3 Å². The maximum Gasteiger partial charge on any atom is 0.255 e. The third-order valence-electron chi connectivity index (χ3n) is 5.35. The maximum absolute atomic E-state index is 13.0. The summed E-state index contributed by atoms with van der Waals surface area (Å²) in [5.74, 6) is 1.56. The van der Waals surface area contributed by atoms with Crippen molar-refractivity contribution in [2.75, 3.05) is 20.2 Å². The molecule has 2 aliphatic rings. The number of nitrogens with zero attached hydrogens (tertiary/aromatic N) is 1. The zero-order valence-corrected chi connectivity index (χ0v) is 14.9. The zero-order chi connectivity index (χ0) is 16.5. The van der Waals surface area contributed by atoms with Crippen molar-refractivity contribution in [1.29, 1.82) is 0 Å². The molecule has 2 aromatic rings. The lowest BCUT2D eigenvalue weighted by Crippen LogP contribution is -2.29. The van der Waals surface area contributed by atoms with Gasteiger partial charge in [0.25, 0.3) is 5.91 Å². The molecule has 4 heteroatoms. The highest BCUT2D eigenvalue weighted by atomic mass is 32.1. The summed E-state index contributed by atoms with van der Waals surface area (Å²) in [6.45, 7) is 1.69. The maximum atomic E-state index is 13.0. The summed E-state index contributed by atoms with van der Waals surface area (Å²) < 4.78 is 5.23. The van der Waals surface area contributed by atoms with Gasteiger partial charge in [0.2, 0.25) is 0 Å². The van der Waals surface area contributed by atoms with Crippen molar-refractivity contribution in [3.63, 3.8) is 0 Å². The lowest BCUT2D eigenvalue weighted by atomic mass is 9.95. The molecule has 3 nitrogen and oxygen atoms in total. The third-order valence-corrected chi connectivity index (χ3v) is 6.44. The van der Waals surface area contributed by atoms with Gasteiger partial charge in [-0.15, -0.1) is 11.3 Å². The highest BCUT2D eigenvalue weighted by Gasteiger charge is 2.30. The summed E-state index contributed by atoms with van der Waals surface area (Å²) in [5.41, 5.74) is 3.62. The molecule has 1 fully saturated rings. The highest BCUT2D eigenvalue weighted by Crippen LogP contribution is 2.34. The fraction of sp³-hybridized carbons (Fsp3) is 0.450. The molecule has 0 spiro atoms. The van der Waals surface area contributed by atoms with Crippen molar-refractivity contribution >= 4 is 17.2 Å². The zero-order valence-electron chi connectivity index (χ0n) is 14.1. The van der Waals surface area contributed by atoms with E-state index in [1.165, 1.54) is 28.8 Å². The third kappa shape index (κ3) is 2.84. The Kier molecular flexibility index (Phi) is 4.31. The van der Waals surface area contributed by atoms with Gasteiger partial charge in [0.1, 0.15) is 5.75 Å². The second kappa shape index (κ2) is 6.60. The molecule has 0 N–H and O–H groups in total. The summed E-state index contributed by atoms with van der Waals surface area (Å²) >= 11 is 1.78. The lowest BCUT2D eigenvalue weighted by Gasteiger charge is -2.19. The molecule has 0 bridgehead atoms. The van der Waals surface area contributed by atoms with Crippen molar-refractivity contribution in [1.82, 2.24) is 4.90 Å². The summed E-state index contributed by atoms with van der Waals surface area (Å²) in [6, 6.07) is 8.28. The largest absolute Gasteiger partial charge is 0.497 e. The predicted molar refractivity (Wildman–Crippen MR) is 97.2 cm³/mol. The standard InChI is InChI=1S/C20H23NO2S/c1-23-16-8-6-14(7-9-16)15-10-11-21(12-15)20(22)18-13-24-19-5-3-2-4-17(18)19/h6-9,13,15H,2-5,10-12H2,1H3. The summed E-state index contributed by atoms with van der Waals surface area (Å²) in [5, 5.41) is 2.10. The molecule has 24 heavy (non-hydrogen) atoms. The molecule has 1 amide bonds. The molecule has 0 saturated carbocycles. The minimum Gasteiger partial charge on any atom is -0.497 e. The van der Waals surface area contributed by atoms with E-state index in [4.69, 9.17) is 4.74 Å². The Balaban J connectivity index is 1.48. The van der Waals surface area contributed by atoms with Crippen LogP contribution in [0.4, 0.5) is 0 Å². The fourth-order valence-corrected chi connectivity index (χ4v) is 5.06. The Labute approximate surface area is 147 Å². The van der Waals surface area contributed by atoms with E-state index in [1.54, 1.807) is 18.4 Å². The van der Waals surface area contributed by atoms with Gasteiger partial charge in [-0.25, -0.2) is 0 Å². The molecule has 1 unspecified atom stereocenters. The Morgan fingerprint density at radius 3 is 2.79 bits per heavy atom. The van der Waals surface area contributed by atoms with Crippen LogP contribution in [0.5, 0.6) is 5.75 Å². The van der Waals surface area contributed by atoms with Gasteiger partial charge in [-0.05, 0) is 55.4 Å². The van der Waals surface area contributed by atoms with E-state index in [2.05, 4.69) is 17.5 Å². The van der Waals surface area contributed by atoms with Crippen molar-refractivity contribution in [2.24, 2.45) is 0 Å². The number of fused-ring (bicyclic) bond motifs is 1. The van der Waals surface area contributed by atoms with E-state index >= 15 is 0 Å². The number of hydrogen-bond donors (Lipinski definition) is 0. The van der Waals surface area contributed by atoms with E-state index in [1.807, 2.05) is 17.0 Å². The molecule has 4 rings (SSSR count). The summed E-state index contributed by atoms with van der Waals surface area (Å²) in [4.78, 5) is 16.5. The molecule has 1 aromatic heterocycles. The number of methoxy groups -OCH3 is 1. The van der Waals surface area contributed by atoms with Crippen LogP contribution in [-0.2, 0) is 12.8 Å². The second-order valence-electron chi connectivity index (χ2n) is 6.77. The molecule has 1 aliphatic carbocycles. The highest BCUT2D eigenvalue weighted by molar-refractivity contribution is 7.10. The smallest absolute Gasteiger partial charge is 0.255 e. The van der Waals surface area contributed by atoms with Gasteiger partial charge in [-0.3, -0.25) is 4.79 Å². The fourth-order valence-electron chi connectivity index (χ4n) is 3.94. The average Bonchev–Trinajstić information content (AvgIpc) is 3.28. The predicted octanol–water partition coefficient (Wildman–Crippen LogP) is 4.27. The van der Waals surface area contributed by atoms with Crippen LogP contribution in [-0.4, -0.2) is 31.0 Å². The van der Waals surface area contributed by atoms with Crippen LogP contribution < -0.4 is 4.74 Å². The minimum absolute atomic E-state index is 0.241. The number of ether oxygens (including phenoxy) is 1. The number of benzene rings is 1. The van der Waals surface area contributed by atoms with E-state index in [9.17, 15) is 4.79 Å². The Morgan fingerprint density at radius 1 is 1.21 bits per heavy atom. The molecule has 1 aromatic carbocycles. The first-order chi connectivity index (χ1) is 11.8. The van der Waals surface area contributed by atoms with Gasteiger partial charge in [-0.1, -0.05) is 12.1 Å². The topological polar surface area (TPSA) is 29.5 Å². The SMILES string of the molecule is COc1ccc(C2CCN(C(=O)c3csc4c3CCCC4)C2)cc1. The molecule has 1 aliphatic heterocycles. The first-order valence-corrected chi connectivity index (χ1v) is 9.66. The molecule has 2 heterocycles. The Morgan fingerprint density at radius 2 is 2.00 bits per heavy atom. The minimum atomic E-state index is 0.241. The number of rotatable bonds is 3. The van der Waals surface area contributed by atoms with Crippen LogP contribution in [0.3, 0.4) is 0 Å². The van der Waals surface area contributed by atoms with Gasteiger partial charge in [0.05, 0.1) is 12.7 Å². The number of thiophene rings is 1. The van der Waals surface area contributed by atoms with E-state index in [-0.39, 0.29) is 5.91 Å². The monoisotopic (exact) mass is 341 g/mol.